The Kier molecular flexibility index (Phi) is 4.69. The summed E-state index contributed by atoms with van der Waals surface area (Å²) >= 11 is 0. The maximum atomic E-state index is 11.3. The summed E-state index contributed by atoms with van der Waals surface area (Å²) < 4.78 is 4.62. The van der Waals surface area contributed by atoms with E-state index in [-0.39, 0.29) is 5.97 Å². The Hall–Kier alpha value is -1.84. The van der Waals surface area contributed by atoms with Crippen LogP contribution in [0.3, 0.4) is 0 Å². The second kappa shape index (κ2) is 6.03. The number of ether oxygens (including phenoxy) is 1. The van der Waals surface area contributed by atoms with E-state index in [1.165, 1.54) is 7.11 Å². The average Bonchev–Trinajstić information content (AvgIpc) is 2.82. The molecule has 1 N–H and O–H groups in total. The highest BCUT2D eigenvalue weighted by Crippen LogP contribution is 2.23. The largest absolute Gasteiger partial charge is 0.465 e. The van der Waals surface area contributed by atoms with Crippen molar-refractivity contribution < 1.29 is 14.7 Å². The van der Waals surface area contributed by atoms with Crippen LogP contribution in [0.1, 0.15) is 41.8 Å². The lowest BCUT2D eigenvalue weighted by molar-refractivity contribution is 0.0600. The monoisotopic (exact) mass is 235 g/mol. The summed E-state index contributed by atoms with van der Waals surface area (Å²) in [6, 6.07) is 5.31. The number of carbonyl (C=O) groups is 1. The zero-order valence-electron chi connectivity index (χ0n) is 10.4. The van der Waals surface area contributed by atoms with Gasteiger partial charge in [0.15, 0.2) is 0 Å². The first kappa shape index (κ1) is 13.2. The van der Waals surface area contributed by atoms with Crippen LogP contribution in [0.4, 0.5) is 0 Å². The molecule has 1 aliphatic rings. The van der Waals surface area contributed by atoms with Gasteiger partial charge in [-0.25, -0.2) is 4.79 Å². The lowest BCUT2D eigenvalue weighted by Gasteiger charge is -2.02. The molecule has 0 unspecified atom stereocenters. The fourth-order valence-electron chi connectivity index (χ4n) is 1.80. The van der Waals surface area contributed by atoms with Crippen LogP contribution in [-0.2, 0) is 11.2 Å². The highest BCUT2D eigenvalue weighted by molar-refractivity contribution is 6.05. The Morgan fingerprint density at radius 3 is 2.65 bits per heavy atom. The van der Waals surface area contributed by atoms with Crippen molar-refractivity contribution >= 4 is 11.7 Å². The Morgan fingerprint density at radius 2 is 2.06 bits per heavy atom. The number of hydrogen-bond donors (Lipinski definition) is 1. The number of oxime groups is 1. The minimum atomic E-state index is -0.373. The SMILES string of the molecule is CC.COC(=O)c1ccc2c(c1)/C(=N/O)CC2. The molecule has 2 rings (SSSR count). The van der Waals surface area contributed by atoms with E-state index in [2.05, 4.69) is 9.89 Å². The van der Waals surface area contributed by atoms with Crippen LogP contribution in [0, 0.1) is 0 Å². The first-order chi connectivity index (χ1) is 8.26. The number of rotatable bonds is 1. The van der Waals surface area contributed by atoms with Crippen molar-refractivity contribution in [1.82, 2.24) is 0 Å². The maximum Gasteiger partial charge on any atom is 0.337 e. The molecular weight excluding hydrogens is 218 g/mol. The van der Waals surface area contributed by atoms with E-state index in [0.29, 0.717) is 11.3 Å². The number of benzene rings is 1. The second-order valence-electron chi connectivity index (χ2n) is 3.41. The van der Waals surface area contributed by atoms with E-state index in [0.717, 1.165) is 24.0 Å². The predicted octanol–water partition coefficient (Wildman–Crippen LogP) is 2.62. The number of nitrogens with zero attached hydrogens (tertiary/aromatic N) is 1. The van der Waals surface area contributed by atoms with Crippen molar-refractivity contribution in [1.29, 1.82) is 0 Å². The Balaban J connectivity index is 0.000000686. The molecule has 1 aromatic carbocycles. The number of methoxy groups -OCH3 is 1. The van der Waals surface area contributed by atoms with Crippen molar-refractivity contribution in [3.05, 3.63) is 34.9 Å². The van der Waals surface area contributed by atoms with Gasteiger partial charge in [-0.15, -0.1) is 0 Å². The fourth-order valence-corrected chi connectivity index (χ4v) is 1.80. The van der Waals surface area contributed by atoms with Crippen LogP contribution in [0.2, 0.25) is 0 Å². The van der Waals surface area contributed by atoms with Gasteiger partial charge in [-0.3, -0.25) is 0 Å². The van der Waals surface area contributed by atoms with Crippen molar-refractivity contribution in [2.24, 2.45) is 5.16 Å². The quantitative estimate of drug-likeness (QED) is 0.462. The van der Waals surface area contributed by atoms with Crippen LogP contribution in [0.25, 0.3) is 0 Å². The van der Waals surface area contributed by atoms with Crippen molar-refractivity contribution in [2.75, 3.05) is 7.11 Å². The lowest BCUT2D eigenvalue weighted by atomic mass is 10.1. The summed E-state index contributed by atoms with van der Waals surface area (Å²) in [5.74, 6) is -0.373. The fraction of sp³-hybridized carbons (Fsp3) is 0.385. The third kappa shape index (κ3) is 2.64. The van der Waals surface area contributed by atoms with Gasteiger partial charge in [-0.1, -0.05) is 25.1 Å². The third-order valence-corrected chi connectivity index (χ3v) is 2.59. The molecule has 0 spiro atoms. The van der Waals surface area contributed by atoms with Gasteiger partial charge in [-0.05, 0) is 30.5 Å². The summed E-state index contributed by atoms with van der Waals surface area (Å²) in [6.07, 6.45) is 1.58. The molecule has 0 fully saturated rings. The van der Waals surface area contributed by atoms with Crippen molar-refractivity contribution in [2.45, 2.75) is 26.7 Å². The Bertz CT molecular complexity index is 438. The first-order valence-electron chi connectivity index (χ1n) is 5.69. The number of aryl methyl sites for hydroxylation is 1. The van der Waals surface area contributed by atoms with E-state index >= 15 is 0 Å². The zero-order chi connectivity index (χ0) is 12.8. The molecule has 1 aromatic rings. The molecule has 1 aliphatic carbocycles. The summed E-state index contributed by atoms with van der Waals surface area (Å²) in [5.41, 5.74) is 3.07. The molecule has 4 heteroatoms. The molecule has 0 radical (unpaired) electrons. The molecule has 0 aliphatic heterocycles. The molecule has 17 heavy (non-hydrogen) atoms. The summed E-state index contributed by atoms with van der Waals surface area (Å²) in [4.78, 5) is 11.3. The minimum Gasteiger partial charge on any atom is -0.465 e. The highest BCUT2D eigenvalue weighted by atomic mass is 16.5. The molecule has 0 amide bonds. The summed E-state index contributed by atoms with van der Waals surface area (Å²) in [6.45, 7) is 4.00. The van der Waals surface area contributed by atoms with Crippen molar-refractivity contribution in [3.8, 4) is 0 Å². The van der Waals surface area contributed by atoms with Gasteiger partial charge in [0, 0.05) is 5.56 Å². The van der Waals surface area contributed by atoms with E-state index in [4.69, 9.17) is 5.21 Å². The molecule has 0 saturated carbocycles. The lowest BCUT2D eigenvalue weighted by Crippen LogP contribution is -2.03. The molecule has 4 nitrogen and oxygen atoms in total. The summed E-state index contributed by atoms with van der Waals surface area (Å²) in [5, 5.41) is 12.0. The molecule has 0 atom stereocenters. The molecule has 92 valence electrons. The standard InChI is InChI=1S/C11H11NO3.C2H6/c1-15-11(13)8-3-2-7-4-5-10(12-14)9(7)6-8;1-2/h2-3,6,14H,4-5H2,1H3;1-2H3/b12-10+;. The Morgan fingerprint density at radius 1 is 1.35 bits per heavy atom. The van der Waals surface area contributed by atoms with Crippen LogP contribution in [-0.4, -0.2) is 24.0 Å². The van der Waals surface area contributed by atoms with E-state index in [9.17, 15) is 4.79 Å². The molecule has 0 aromatic heterocycles. The van der Waals surface area contributed by atoms with Crippen LogP contribution in [0.15, 0.2) is 23.4 Å². The third-order valence-electron chi connectivity index (χ3n) is 2.59. The van der Waals surface area contributed by atoms with E-state index < -0.39 is 0 Å². The van der Waals surface area contributed by atoms with Gasteiger partial charge in [-0.2, -0.15) is 0 Å². The first-order valence-corrected chi connectivity index (χ1v) is 5.69. The summed E-state index contributed by atoms with van der Waals surface area (Å²) in [7, 11) is 1.34. The molecule has 0 saturated heterocycles. The molecule has 0 bridgehead atoms. The van der Waals surface area contributed by atoms with Gasteiger partial charge in [0.25, 0.3) is 0 Å². The van der Waals surface area contributed by atoms with Gasteiger partial charge in [0.1, 0.15) is 0 Å². The van der Waals surface area contributed by atoms with Crippen LogP contribution in [0.5, 0.6) is 0 Å². The van der Waals surface area contributed by atoms with Gasteiger partial charge in [0.05, 0.1) is 18.4 Å². The number of hydrogen-bond acceptors (Lipinski definition) is 4. The maximum absolute atomic E-state index is 11.3. The van der Waals surface area contributed by atoms with E-state index in [1.807, 2.05) is 19.9 Å². The highest BCUT2D eigenvalue weighted by Gasteiger charge is 2.20. The van der Waals surface area contributed by atoms with Gasteiger partial charge < -0.3 is 9.94 Å². The number of carbonyl (C=O) groups excluding carboxylic acids is 1. The van der Waals surface area contributed by atoms with Gasteiger partial charge >= 0.3 is 5.97 Å². The topological polar surface area (TPSA) is 58.9 Å². The Labute approximate surface area is 101 Å². The predicted molar refractivity (Wildman–Crippen MR) is 65.8 cm³/mol. The average molecular weight is 235 g/mol. The molecule has 0 heterocycles. The number of esters is 1. The number of fused-ring (bicyclic) bond motifs is 1. The van der Waals surface area contributed by atoms with Crippen LogP contribution >= 0.6 is 0 Å². The zero-order valence-corrected chi connectivity index (χ0v) is 10.4. The smallest absolute Gasteiger partial charge is 0.337 e. The van der Waals surface area contributed by atoms with Crippen molar-refractivity contribution in [3.63, 3.8) is 0 Å². The minimum absolute atomic E-state index is 0.373. The van der Waals surface area contributed by atoms with Crippen LogP contribution < -0.4 is 0 Å². The van der Waals surface area contributed by atoms with Gasteiger partial charge in [0.2, 0.25) is 0 Å². The normalized spacial score (nSPS) is 14.9. The second-order valence-corrected chi connectivity index (χ2v) is 3.41. The van der Waals surface area contributed by atoms with E-state index in [1.54, 1.807) is 12.1 Å². The molecular formula is C13H17NO3.